The number of halogens is 1. The summed E-state index contributed by atoms with van der Waals surface area (Å²) in [6.07, 6.45) is 1.56. The average Bonchev–Trinajstić information content (AvgIpc) is 1.65. The molecule has 2 nitrogen and oxygen atoms in total. The van der Waals surface area contributed by atoms with Gasteiger partial charge in [-0.1, -0.05) is 6.08 Å². The summed E-state index contributed by atoms with van der Waals surface area (Å²) >= 11 is 0. The molecule has 0 unspecified atom stereocenters. The van der Waals surface area contributed by atoms with E-state index in [9.17, 15) is 4.79 Å². The number of hydrogen-bond acceptors (Lipinski definition) is 1. The quantitative estimate of drug-likeness (QED) is 0.633. The van der Waals surface area contributed by atoms with E-state index in [-0.39, 0.29) is 29.8 Å². The van der Waals surface area contributed by atoms with Crippen molar-refractivity contribution in [1.29, 1.82) is 0 Å². The summed E-state index contributed by atoms with van der Waals surface area (Å²) in [7, 11) is 0. The van der Waals surface area contributed by atoms with Gasteiger partial charge in [-0.2, -0.15) is 0 Å². The summed E-state index contributed by atoms with van der Waals surface area (Å²) in [5.41, 5.74) is 0.389. The van der Waals surface area contributed by atoms with Gasteiger partial charge < -0.3 is 5.11 Å². The van der Waals surface area contributed by atoms with Crippen LogP contribution in [-0.2, 0) is 22.2 Å². The topological polar surface area (TPSA) is 37.3 Å². The normalized spacial score (nSPS) is 8.89. The molecule has 0 aromatic heterocycles. The van der Waals surface area contributed by atoms with Gasteiger partial charge in [0.1, 0.15) is 0 Å². The second-order valence-corrected chi connectivity index (χ2v) is 1.28. The minimum Gasteiger partial charge on any atom is -0.478 e. The number of carboxylic acids is 1. The van der Waals surface area contributed by atoms with Crippen molar-refractivity contribution in [3.05, 3.63) is 11.6 Å². The van der Waals surface area contributed by atoms with E-state index in [0.717, 1.165) is 0 Å². The SMILES string of the molecule is CC=C(C)C(=O)O.Cl.[Cr]. The zero-order valence-corrected chi connectivity index (χ0v) is 7.34. The summed E-state index contributed by atoms with van der Waals surface area (Å²) in [4.78, 5) is 9.86. The summed E-state index contributed by atoms with van der Waals surface area (Å²) in [6.45, 7) is 3.26. The van der Waals surface area contributed by atoms with E-state index in [0.29, 0.717) is 5.57 Å². The third-order valence-corrected chi connectivity index (χ3v) is 0.770. The maximum atomic E-state index is 9.86. The Morgan fingerprint density at radius 2 is 1.89 bits per heavy atom. The summed E-state index contributed by atoms with van der Waals surface area (Å²) < 4.78 is 0. The van der Waals surface area contributed by atoms with Crippen LogP contribution in [0.5, 0.6) is 0 Å². The van der Waals surface area contributed by atoms with Gasteiger partial charge in [0.15, 0.2) is 0 Å². The van der Waals surface area contributed by atoms with Crippen molar-refractivity contribution in [2.45, 2.75) is 13.8 Å². The molecule has 0 rings (SSSR count). The number of hydrogen-bond donors (Lipinski definition) is 1. The van der Waals surface area contributed by atoms with Crippen molar-refractivity contribution < 1.29 is 27.3 Å². The molecule has 0 atom stereocenters. The van der Waals surface area contributed by atoms with Gasteiger partial charge in [0.05, 0.1) is 0 Å². The molecule has 0 aliphatic heterocycles. The minimum atomic E-state index is -0.845. The van der Waals surface area contributed by atoms with Crippen LogP contribution in [0, 0.1) is 0 Å². The van der Waals surface area contributed by atoms with E-state index in [1.54, 1.807) is 19.9 Å². The Morgan fingerprint density at radius 1 is 1.56 bits per heavy atom. The van der Waals surface area contributed by atoms with Gasteiger partial charge >= 0.3 is 5.97 Å². The fraction of sp³-hybridized carbons (Fsp3) is 0.400. The largest absolute Gasteiger partial charge is 0.478 e. The smallest absolute Gasteiger partial charge is 0.330 e. The maximum Gasteiger partial charge on any atom is 0.330 e. The molecule has 0 aromatic rings. The predicted molar refractivity (Wildman–Crippen MR) is 34.3 cm³/mol. The zero-order chi connectivity index (χ0) is 5.86. The molecule has 0 bridgehead atoms. The first-order valence-corrected chi connectivity index (χ1v) is 2.04. The Labute approximate surface area is 71.5 Å². The number of carboxylic acid groups (broad SMARTS) is 1. The molecule has 4 heteroatoms. The molecule has 0 aliphatic carbocycles. The zero-order valence-electron chi connectivity index (χ0n) is 5.25. The summed E-state index contributed by atoms with van der Waals surface area (Å²) in [6, 6.07) is 0. The first-order valence-electron chi connectivity index (χ1n) is 2.04. The van der Waals surface area contributed by atoms with E-state index >= 15 is 0 Å². The van der Waals surface area contributed by atoms with Crippen LogP contribution in [0.2, 0.25) is 0 Å². The molecule has 0 amide bonds. The van der Waals surface area contributed by atoms with Gasteiger partial charge in [0.25, 0.3) is 0 Å². The summed E-state index contributed by atoms with van der Waals surface area (Å²) in [5, 5.41) is 8.11. The molecule has 1 N–H and O–H groups in total. The van der Waals surface area contributed by atoms with Crippen molar-refractivity contribution in [2.75, 3.05) is 0 Å². The minimum absolute atomic E-state index is 0. The fourth-order valence-corrected chi connectivity index (χ4v) is 0.123. The number of aliphatic carboxylic acids is 1. The van der Waals surface area contributed by atoms with Crippen molar-refractivity contribution in [1.82, 2.24) is 0 Å². The van der Waals surface area contributed by atoms with Crippen LogP contribution < -0.4 is 0 Å². The number of carbonyl (C=O) groups is 1. The molecule has 0 radical (unpaired) electrons. The number of allylic oxidation sites excluding steroid dienone is 1. The van der Waals surface area contributed by atoms with Gasteiger partial charge in [-0.05, 0) is 13.8 Å². The Bertz CT molecular complexity index is 112. The molecule has 0 heterocycles. The standard InChI is InChI=1S/C5H8O2.ClH.Cr/c1-3-4(2)5(6)7;;/h3H,1-2H3,(H,6,7);1H;. The maximum absolute atomic E-state index is 9.86. The second-order valence-electron chi connectivity index (χ2n) is 1.28. The molecule has 0 aromatic carbocycles. The van der Waals surface area contributed by atoms with E-state index in [2.05, 4.69) is 0 Å². The van der Waals surface area contributed by atoms with Crippen LogP contribution >= 0.6 is 12.4 Å². The number of rotatable bonds is 1. The Kier molecular flexibility index (Phi) is 14.3. The molecular weight excluding hydrogens is 180 g/mol. The third kappa shape index (κ3) is 8.03. The van der Waals surface area contributed by atoms with E-state index < -0.39 is 5.97 Å². The van der Waals surface area contributed by atoms with Crippen molar-refractivity contribution in [3.63, 3.8) is 0 Å². The van der Waals surface area contributed by atoms with Crippen LogP contribution in [0.1, 0.15) is 13.8 Å². The molecule has 9 heavy (non-hydrogen) atoms. The Hall–Kier alpha value is 0.0325. The first-order chi connectivity index (χ1) is 3.18. The molecule has 54 valence electrons. The van der Waals surface area contributed by atoms with Crippen molar-refractivity contribution in [2.24, 2.45) is 0 Å². The average molecular weight is 189 g/mol. The van der Waals surface area contributed by atoms with E-state index in [4.69, 9.17) is 5.11 Å². The van der Waals surface area contributed by atoms with E-state index in [1.807, 2.05) is 0 Å². The van der Waals surface area contributed by atoms with E-state index in [1.165, 1.54) is 0 Å². The van der Waals surface area contributed by atoms with Crippen LogP contribution in [-0.4, -0.2) is 11.1 Å². The molecule has 0 saturated carbocycles. The van der Waals surface area contributed by atoms with Crippen molar-refractivity contribution in [3.8, 4) is 0 Å². The molecular formula is C5H9ClCrO2. The van der Waals surface area contributed by atoms with Gasteiger partial charge in [-0.3, -0.25) is 0 Å². The van der Waals surface area contributed by atoms with Gasteiger partial charge in [0.2, 0.25) is 0 Å². The Morgan fingerprint density at radius 3 is 1.89 bits per heavy atom. The molecule has 0 spiro atoms. The monoisotopic (exact) mass is 188 g/mol. The predicted octanol–water partition coefficient (Wildman–Crippen LogP) is 1.46. The van der Waals surface area contributed by atoms with Crippen LogP contribution in [0.3, 0.4) is 0 Å². The first kappa shape index (κ1) is 16.0. The van der Waals surface area contributed by atoms with Gasteiger partial charge in [0, 0.05) is 22.9 Å². The molecule has 0 saturated heterocycles. The van der Waals surface area contributed by atoms with Gasteiger partial charge in [-0.15, -0.1) is 12.4 Å². The summed E-state index contributed by atoms with van der Waals surface area (Å²) in [5.74, 6) is -0.845. The van der Waals surface area contributed by atoms with Crippen molar-refractivity contribution >= 4 is 18.4 Å². The van der Waals surface area contributed by atoms with Crippen LogP contribution in [0.25, 0.3) is 0 Å². The molecule has 0 fully saturated rings. The third-order valence-electron chi connectivity index (χ3n) is 0.770. The van der Waals surface area contributed by atoms with Crippen LogP contribution in [0.15, 0.2) is 11.6 Å². The molecule has 0 aliphatic rings. The fourth-order valence-electron chi connectivity index (χ4n) is 0.123. The second kappa shape index (κ2) is 8.03. The Balaban J connectivity index is -0.000000180. The van der Waals surface area contributed by atoms with Gasteiger partial charge in [-0.25, -0.2) is 4.79 Å². The van der Waals surface area contributed by atoms with Crippen LogP contribution in [0.4, 0.5) is 0 Å².